The molecule has 0 heterocycles. The lowest BCUT2D eigenvalue weighted by atomic mass is 10.1. The van der Waals surface area contributed by atoms with Crippen molar-refractivity contribution in [3.05, 3.63) is 23.3 Å². The summed E-state index contributed by atoms with van der Waals surface area (Å²) in [6, 6.07) is 1.38. The lowest BCUT2D eigenvalue weighted by Crippen LogP contribution is -2.44. The van der Waals surface area contributed by atoms with Crippen LogP contribution in [0, 0.1) is 6.92 Å². The van der Waals surface area contributed by atoms with E-state index in [4.69, 9.17) is 14.2 Å². The van der Waals surface area contributed by atoms with Gasteiger partial charge in [0.25, 0.3) is 5.91 Å². The molecule has 0 bridgehead atoms. The molecule has 1 aromatic carbocycles. The Hall–Kier alpha value is -2.98. The Morgan fingerprint density at radius 1 is 1.08 bits per heavy atom. The molecule has 0 aliphatic heterocycles. The summed E-state index contributed by atoms with van der Waals surface area (Å²) in [7, 11) is 2.79. The standard InChI is InChI=1S/C15H17F3N2O6/c1-8-10(24-2)4-9(5-11(8)25-3)13(22)26-6-12(21)20-14(23)19-7-15(16,17)18/h4-5H,6-7H2,1-3H3,(H2,19,20,21,23). The molecule has 0 atom stereocenters. The van der Waals surface area contributed by atoms with Gasteiger partial charge in [-0.05, 0) is 19.1 Å². The fraction of sp³-hybridized carbons (Fsp3) is 0.400. The zero-order valence-corrected chi connectivity index (χ0v) is 14.2. The molecule has 144 valence electrons. The van der Waals surface area contributed by atoms with Crippen molar-refractivity contribution in [2.75, 3.05) is 27.4 Å². The van der Waals surface area contributed by atoms with Gasteiger partial charge in [0.2, 0.25) is 0 Å². The van der Waals surface area contributed by atoms with E-state index in [1.54, 1.807) is 12.2 Å². The fourth-order valence-corrected chi connectivity index (χ4v) is 1.81. The van der Waals surface area contributed by atoms with Crippen molar-refractivity contribution in [1.82, 2.24) is 10.6 Å². The number of hydrogen-bond acceptors (Lipinski definition) is 6. The van der Waals surface area contributed by atoms with Crippen LogP contribution in [0.5, 0.6) is 11.5 Å². The summed E-state index contributed by atoms with van der Waals surface area (Å²) in [5.41, 5.74) is 0.671. The van der Waals surface area contributed by atoms with Crippen molar-refractivity contribution >= 4 is 17.9 Å². The van der Waals surface area contributed by atoms with Gasteiger partial charge in [-0.25, -0.2) is 9.59 Å². The summed E-state index contributed by atoms with van der Waals surface area (Å²) >= 11 is 0. The smallest absolute Gasteiger partial charge is 0.405 e. The maximum atomic E-state index is 12.0. The molecule has 0 fully saturated rings. The first-order valence-corrected chi connectivity index (χ1v) is 7.11. The van der Waals surface area contributed by atoms with E-state index in [1.807, 2.05) is 0 Å². The first kappa shape index (κ1) is 21.1. The van der Waals surface area contributed by atoms with Crippen molar-refractivity contribution in [1.29, 1.82) is 0 Å². The number of esters is 1. The molecule has 1 rings (SSSR count). The molecule has 26 heavy (non-hydrogen) atoms. The molecule has 3 amide bonds. The molecule has 0 aliphatic carbocycles. The molecule has 0 aliphatic rings. The summed E-state index contributed by atoms with van der Waals surface area (Å²) in [5.74, 6) is -1.30. The Labute approximate surface area is 146 Å². The molecule has 0 saturated carbocycles. The number of nitrogens with one attached hydrogen (secondary N) is 2. The number of urea groups is 1. The van der Waals surface area contributed by atoms with Gasteiger partial charge in [0.1, 0.15) is 18.0 Å². The van der Waals surface area contributed by atoms with E-state index >= 15 is 0 Å². The van der Waals surface area contributed by atoms with Crippen LogP contribution in [0.25, 0.3) is 0 Å². The van der Waals surface area contributed by atoms with Gasteiger partial charge in [0, 0.05) is 5.56 Å². The monoisotopic (exact) mass is 378 g/mol. The second-order valence-corrected chi connectivity index (χ2v) is 4.93. The summed E-state index contributed by atoms with van der Waals surface area (Å²) in [6.07, 6.45) is -4.61. The molecule has 0 aromatic heterocycles. The molecular formula is C15H17F3N2O6. The van der Waals surface area contributed by atoms with Crippen molar-refractivity contribution < 1.29 is 41.8 Å². The topological polar surface area (TPSA) is 103 Å². The van der Waals surface area contributed by atoms with Gasteiger partial charge in [-0.3, -0.25) is 10.1 Å². The van der Waals surface area contributed by atoms with Crippen LogP contribution in [-0.4, -0.2) is 51.5 Å². The highest BCUT2D eigenvalue weighted by Gasteiger charge is 2.28. The van der Waals surface area contributed by atoms with Gasteiger partial charge in [-0.1, -0.05) is 0 Å². The maximum Gasteiger partial charge on any atom is 0.405 e. The predicted molar refractivity (Wildman–Crippen MR) is 82.2 cm³/mol. The molecule has 0 radical (unpaired) electrons. The summed E-state index contributed by atoms with van der Waals surface area (Å²) in [6.45, 7) is -0.759. The quantitative estimate of drug-likeness (QED) is 0.729. The van der Waals surface area contributed by atoms with E-state index in [1.165, 1.54) is 31.7 Å². The van der Waals surface area contributed by atoms with Crippen LogP contribution in [0.2, 0.25) is 0 Å². The third kappa shape index (κ3) is 6.49. The third-order valence-electron chi connectivity index (χ3n) is 3.02. The Morgan fingerprint density at radius 2 is 1.62 bits per heavy atom. The normalized spacial score (nSPS) is 10.7. The Morgan fingerprint density at radius 3 is 2.08 bits per heavy atom. The van der Waals surface area contributed by atoms with Gasteiger partial charge in [0.05, 0.1) is 19.8 Å². The van der Waals surface area contributed by atoms with E-state index < -0.39 is 37.2 Å². The van der Waals surface area contributed by atoms with Gasteiger partial charge in [0.15, 0.2) is 6.61 Å². The first-order valence-electron chi connectivity index (χ1n) is 7.11. The fourth-order valence-electron chi connectivity index (χ4n) is 1.81. The second kappa shape index (κ2) is 8.92. The highest BCUT2D eigenvalue weighted by atomic mass is 19.4. The van der Waals surface area contributed by atoms with E-state index in [2.05, 4.69) is 0 Å². The van der Waals surface area contributed by atoms with Gasteiger partial charge in [-0.15, -0.1) is 0 Å². The number of methoxy groups -OCH3 is 2. The number of carbonyl (C=O) groups is 3. The minimum absolute atomic E-state index is 0.0265. The van der Waals surface area contributed by atoms with Gasteiger partial charge in [-0.2, -0.15) is 13.2 Å². The molecule has 0 unspecified atom stereocenters. The summed E-state index contributed by atoms with van der Waals surface area (Å²) < 4.78 is 50.7. The minimum atomic E-state index is -4.61. The number of ether oxygens (including phenoxy) is 3. The SMILES string of the molecule is COc1cc(C(=O)OCC(=O)NC(=O)NCC(F)(F)F)cc(OC)c1C. The number of hydrogen-bond donors (Lipinski definition) is 2. The second-order valence-electron chi connectivity index (χ2n) is 4.93. The largest absolute Gasteiger partial charge is 0.496 e. The molecule has 0 saturated heterocycles. The van der Waals surface area contributed by atoms with Crippen molar-refractivity contribution in [2.24, 2.45) is 0 Å². The number of halogens is 3. The van der Waals surface area contributed by atoms with Crippen LogP contribution in [-0.2, 0) is 9.53 Å². The summed E-state index contributed by atoms with van der Waals surface area (Å²) in [5, 5.41) is 3.04. The van der Waals surface area contributed by atoms with Crippen LogP contribution in [0.1, 0.15) is 15.9 Å². The van der Waals surface area contributed by atoms with Crippen LogP contribution in [0.4, 0.5) is 18.0 Å². The lowest BCUT2D eigenvalue weighted by Gasteiger charge is -2.12. The minimum Gasteiger partial charge on any atom is -0.496 e. The average molecular weight is 378 g/mol. The number of amides is 3. The molecule has 8 nitrogen and oxygen atoms in total. The zero-order chi connectivity index (χ0) is 19.9. The molecule has 11 heteroatoms. The first-order chi connectivity index (χ1) is 12.1. The zero-order valence-electron chi connectivity index (χ0n) is 14.2. The van der Waals surface area contributed by atoms with Crippen LogP contribution in [0.15, 0.2) is 12.1 Å². The molecule has 1 aromatic rings. The third-order valence-corrected chi connectivity index (χ3v) is 3.02. The number of benzene rings is 1. The highest BCUT2D eigenvalue weighted by Crippen LogP contribution is 2.29. The lowest BCUT2D eigenvalue weighted by molar-refractivity contribution is -0.125. The molecule has 2 N–H and O–H groups in total. The molecular weight excluding hydrogens is 361 g/mol. The Balaban J connectivity index is 2.61. The van der Waals surface area contributed by atoms with E-state index in [-0.39, 0.29) is 5.56 Å². The summed E-state index contributed by atoms with van der Waals surface area (Å²) in [4.78, 5) is 34.5. The van der Waals surface area contributed by atoms with Crippen LogP contribution < -0.4 is 20.1 Å². The van der Waals surface area contributed by atoms with Crippen molar-refractivity contribution in [3.8, 4) is 11.5 Å². The Kier molecular flexibility index (Phi) is 7.23. The predicted octanol–water partition coefficient (Wildman–Crippen LogP) is 1.56. The van der Waals surface area contributed by atoms with E-state index in [0.717, 1.165) is 0 Å². The Bertz CT molecular complexity index is 665. The van der Waals surface area contributed by atoms with Crippen molar-refractivity contribution in [2.45, 2.75) is 13.1 Å². The highest BCUT2D eigenvalue weighted by molar-refractivity contribution is 5.97. The number of carbonyl (C=O) groups excluding carboxylic acids is 3. The molecule has 0 spiro atoms. The van der Waals surface area contributed by atoms with Gasteiger partial charge >= 0.3 is 18.2 Å². The maximum absolute atomic E-state index is 12.0. The van der Waals surface area contributed by atoms with E-state index in [0.29, 0.717) is 17.1 Å². The number of rotatable bonds is 6. The van der Waals surface area contributed by atoms with Crippen LogP contribution in [0.3, 0.4) is 0 Å². The number of imide groups is 1. The average Bonchev–Trinajstić information content (AvgIpc) is 2.57. The van der Waals surface area contributed by atoms with E-state index in [9.17, 15) is 27.6 Å². The van der Waals surface area contributed by atoms with Gasteiger partial charge < -0.3 is 19.5 Å². The van der Waals surface area contributed by atoms with Crippen molar-refractivity contribution in [3.63, 3.8) is 0 Å². The number of alkyl halides is 3. The van der Waals surface area contributed by atoms with Crippen LogP contribution >= 0.6 is 0 Å².